The molecule has 45 heavy (non-hydrogen) atoms. The highest BCUT2D eigenvalue weighted by Crippen LogP contribution is 2.25. The van der Waals surface area contributed by atoms with E-state index in [0.29, 0.717) is 27.4 Å². The third-order valence-corrected chi connectivity index (χ3v) is 7.89. The first kappa shape index (κ1) is 31.2. The lowest BCUT2D eigenvalue weighted by atomic mass is 9.99. The molecular weight excluding hydrogens is 603 g/mol. The van der Waals surface area contributed by atoms with E-state index < -0.39 is 18.3 Å². The third kappa shape index (κ3) is 7.30. The van der Waals surface area contributed by atoms with Gasteiger partial charge in [-0.2, -0.15) is 10.3 Å². The summed E-state index contributed by atoms with van der Waals surface area (Å²) in [7, 11) is 0. The fourth-order valence-corrected chi connectivity index (χ4v) is 5.86. The Bertz CT molecular complexity index is 1930. The molecule has 1 N–H and O–H groups in total. The largest absolute Gasteiger partial charge is 0.573 e. The van der Waals surface area contributed by atoms with Gasteiger partial charge >= 0.3 is 12.4 Å². The van der Waals surface area contributed by atoms with Crippen molar-refractivity contribution in [1.29, 1.82) is 5.26 Å². The van der Waals surface area contributed by atoms with E-state index in [0.717, 1.165) is 28.1 Å². The Morgan fingerprint density at radius 2 is 1.73 bits per heavy atom. The number of amides is 2. The fraction of sp³-hybridized carbons (Fsp3) is 0.219. The van der Waals surface area contributed by atoms with Gasteiger partial charge in [-0.3, -0.25) is 4.57 Å². The summed E-state index contributed by atoms with van der Waals surface area (Å²) in [5.74, 6) is -0.576. The number of halogens is 3. The topological polar surface area (TPSA) is 110 Å². The predicted octanol–water partition coefficient (Wildman–Crippen LogP) is 6.84. The van der Waals surface area contributed by atoms with Gasteiger partial charge < -0.3 is 10.1 Å². The van der Waals surface area contributed by atoms with Gasteiger partial charge in [0.1, 0.15) is 12.1 Å². The number of alkyl halides is 3. The average molecular weight is 632 g/mol. The van der Waals surface area contributed by atoms with E-state index in [-0.39, 0.29) is 12.3 Å². The molecule has 0 aliphatic heterocycles. The number of nitrogens with zero attached hydrogens (tertiary/aromatic N) is 6. The van der Waals surface area contributed by atoms with Gasteiger partial charge in [0.05, 0.1) is 23.4 Å². The fourth-order valence-electron chi connectivity index (χ4n) is 5.01. The van der Waals surface area contributed by atoms with Gasteiger partial charge in [0.2, 0.25) is 0 Å². The summed E-state index contributed by atoms with van der Waals surface area (Å²) in [4.78, 5) is 22.0. The SMILES string of the molecule is Cc1cc(C)c(-n2c(C)cs/c2=N\C(=O)NCC(C#N)c2ccc(-c3ncn(-c4ccc(OC(F)(F)F)cc4)n3)cc2)c(C)c1. The van der Waals surface area contributed by atoms with Crippen LogP contribution in [0.5, 0.6) is 5.75 Å². The van der Waals surface area contributed by atoms with Gasteiger partial charge in [-0.1, -0.05) is 42.0 Å². The van der Waals surface area contributed by atoms with Crippen LogP contribution < -0.4 is 14.9 Å². The quantitative estimate of drug-likeness (QED) is 0.212. The number of ether oxygens (including phenoxy) is 1. The van der Waals surface area contributed by atoms with Crippen molar-refractivity contribution >= 4 is 17.4 Å². The Labute approximate surface area is 260 Å². The van der Waals surface area contributed by atoms with Crippen molar-refractivity contribution < 1.29 is 22.7 Å². The van der Waals surface area contributed by atoms with Crippen molar-refractivity contribution in [2.45, 2.75) is 40.0 Å². The molecule has 2 aromatic heterocycles. The maximum atomic E-state index is 12.8. The highest BCUT2D eigenvalue weighted by atomic mass is 32.1. The minimum Gasteiger partial charge on any atom is -0.406 e. The molecule has 1 unspecified atom stereocenters. The molecular formula is C32H28F3N7O2S. The molecule has 13 heteroatoms. The van der Waals surface area contributed by atoms with Crippen LogP contribution in [0.1, 0.15) is 33.9 Å². The molecule has 5 rings (SSSR count). The number of carbonyl (C=O) groups is 1. The second-order valence-corrected chi connectivity index (χ2v) is 11.2. The minimum absolute atomic E-state index is 0.0616. The molecule has 2 heterocycles. The summed E-state index contributed by atoms with van der Waals surface area (Å²) in [5, 5.41) is 18.9. The molecule has 2 amide bonds. The van der Waals surface area contributed by atoms with Gasteiger partial charge in [0, 0.05) is 23.2 Å². The molecule has 9 nitrogen and oxygen atoms in total. The zero-order valence-corrected chi connectivity index (χ0v) is 25.6. The Kier molecular flexibility index (Phi) is 8.87. The molecule has 0 saturated heterocycles. The molecule has 0 radical (unpaired) electrons. The normalized spacial score (nSPS) is 12.5. The van der Waals surface area contributed by atoms with Gasteiger partial charge in [-0.15, -0.1) is 29.6 Å². The van der Waals surface area contributed by atoms with Crippen LogP contribution in [0.15, 0.2) is 77.4 Å². The number of hydrogen-bond donors (Lipinski definition) is 1. The first-order valence-corrected chi connectivity index (χ1v) is 14.7. The van der Waals surface area contributed by atoms with Crippen LogP contribution in [0.3, 0.4) is 0 Å². The second kappa shape index (κ2) is 12.8. The maximum absolute atomic E-state index is 12.8. The van der Waals surface area contributed by atoms with Gasteiger partial charge in [0.15, 0.2) is 10.6 Å². The number of aryl methyl sites for hydroxylation is 4. The number of nitriles is 1. The number of hydrogen-bond acceptors (Lipinski definition) is 6. The Hall–Kier alpha value is -5.22. The van der Waals surface area contributed by atoms with Crippen molar-refractivity contribution in [3.63, 3.8) is 0 Å². The third-order valence-electron chi connectivity index (χ3n) is 6.95. The average Bonchev–Trinajstić information content (AvgIpc) is 3.61. The van der Waals surface area contributed by atoms with Crippen molar-refractivity contribution in [3.05, 3.63) is 105 Å². The van der Waals surface area contributed by atoms with Crippen molar-refractivity contribution in [2.24, 2.45) is 4.99 Å². The van der Waals surface area contributed by atoms with Crippen molar-refractivity contribution in [3.8, 4) is 34.6 Å². The monoisotopic (exact) mass is 631 g/mol. The van der Waals surface area contributed by atoms with Crippen LogP contribution in [0.25, 0.3) is 22.8 Å². The molecule has 0 aliphatic rings. The van der Waals surface area contributed by atoms with Crippen LogP contribution in [-0.2, 0) is 0 Å². The maximum Gasteiger partial charge on any atom is 0.573 e. The standard InChI is InChI=1S/C32H28F3N7O2S/c1-19-13-20(2)28(21(3)14-19)42-22(4)17-45-31(42)39-30(43)37-16-25(15-36)23-5-7-24(8-6-23)29-38-18-41(40-29)26-9-11-27(12-10-26)44-32(33,34)35/h5-14,17-18,25H,16H2,1-4H3,(H,37,43)/b39-31-. The number of carbonyl (C=O) groups excluding carboxylic acids is 1. The van der Waals surface area contributed by atoms with Crippen LogP contribution in [0.2, 0.25) is 0 Å². The van der Waals surface area contributed by atoms with Crippen LogP contribution in [0, 0.1) is 39.0 Å². The Morgan fingerprint density at radius 3 is 2.36 bits per heavy atom. The van der Waals surface area contributed by atoms with E-state index in [9.17, 15) is 23.2 Å². The van der Waals surface area contributed by atoms with Crippen molar-refractivity contribution in [2.75, 3.05) is 6.54 Å². The highest BCUT2D eigenvalue weighted by molar-refractivity contribution is 7.07. The molecule has 3 aromatic carbocycles. The van der Waals surface area contributed by atoms with Crippen LogP contribution >= 0.6 is 11.3 Å². The zero-order chi connectivity index (χ0) is 32.3. The van der Waals surface area contributed by atoms with E-state index >= 15 is 0 Å². The summed E-state index contributed by atoms with van der Waals surface area (Å²) in [6.45, 7) is 8.14. The molecule has 5 aromatic rings. The Morgan fingerprint density at radius 1 is 1.07 bits per heavy atom. The number of urea groups is 1. The molecule has 0 bridgehead atoms. The minimum atomic E-state index is -4.77. The summed E-state index contributed by atoms with van der Waals surface area (Å²) >= 11 is 1.37. The van der Waals surface area contributed by atoms with E-state index in [4.69, 9.17) is 0 Å². The number of nitrogens with one attached hydrogen (secondary N) is 1. The van der Waals surface area contributed by atoms with Crippen LogP contribution in [-0.4, -0.2) is 38.3 Å². The number of aromatic nitrogens is 4. The van der Waals surface area contributed by atoms with Crippen LogP contribution in [0.4, 0.5) is 18.0 Å². The first-order chi connectivity index (χ1) is 21.4. The molecule has 0 aliphatic carbocycles. The summed E-state index contributed by atoms with van der Waals surface area (Å²) in [5.41, 5.74) is 7.14. The zero-order valence-electron chi connectivity index (χ0n) is 24.8. The summed E-state index contributed by atoms with van der Waals surface area (Å²) < 4.78 is 44.6. The van der Waals surface area contributed by atoms with Crippen molar-refractivity contribution in [1.82, 2.24) is 24.6 Å². The van der Waals surface area contributed by atoms with E-state index in [1.54, 1.807) is 24.3 Å². The second-order valence-electron chi connectivity index (χ2n) is 10.4. The lowest BCUT2D eigenvalue weighted by molar-refractivity contribution is -0.274. The Balaban J connectivity index is 1.26. The number of thiazole rings is 1. The molecule has 230 valence electrons. The van der Waals surface area contributed by atoms with Gasteiger partial charge in [0.25, 0.3) is 0 Å². The smallest absolute Gasteiger partial charge is 0.406 e. The van der Waals surface area contributed by atoms with Gasteiger partial charge in [-0.25, -0.2) is 14.5 Å². The summed E-state index contributed by atoms with van der Waals surface area (Å²) in [6.07, 6.45) is -3.33. The highest BCUT2D eigenvalue weighted by Gasteiger charge is 2.31. The molecule has 1 atom stereocenters. The van der Waals surface area contributed by atoms with E-state index in [1.165, 1.54) is 46.6 Å². The van der Waals surface area contributed by atoms with E-state index in [2.05, 4.69) is 43.3 Å². The molecule has 0 saturated carbocycles. The van der Waals surface area contributed by atoms with E-state index in [1.807, 2.05) is 37.6 Å². The molecule has 0 spiro atoms. The lowest BCUT2D eigenvalue weighted by Crippen LogP contribution is -2.28. The lowest BCUT2D eigenvalue weighted by Gasteiger charge is -2.14. The first-order valence-electron chi connectivity index (χ1n) is 13.8. The summed E-state index contributed by atoms with van der Waals surface area (Å²) in [6, 6.07) is 18.2. The number of benzene rings is 3. The number of rotatable bonds is 7. The predicted molar refractivity (Wildman–Crippen MR) is 163 cm³/mol. The molecule has 0 fully saturated rings. The van der Waals surface area contributed by atoms with Gasteiger partial charge in [-0.05, 0) is 68.7 Å².